The minimum atomic E-state index is -0.582. The van der Waals surface area contributed by atoms with Crippen molar-refractivity contribution in [2.75, 3.05) is 26.2 Å². The summed E-state index contributed by atoms with van der Waals surface area (Å²) in [5, 5.41) is 6.86. The first-order chi connectivity index (χ1) is 18.9. The Balaban J connectivity index is 1.14. The molecule has 2 aromatic heterocycles. The number of hydrogen-bond donors (Lipinski definition) is 2. The summed E-state index contributed by atoms with van der Waals surface area (Å²) in [4.78, 5) is 49.4. The fraction of sp³-hybridized carbons (Fsp3) is 0.345. The lowest BCUT2D eigenvalue weighted by Crippen LogP contribution is -2.50. The third kappa shape index (κ3) is 4.82. The van der Waals surface area contributed by atoms with Crippen LogP contribution in [0.3, 0.4) is 0 Å². The van der Waals surface area contributed by atoms with Gasteiger partial charge in [-0.25, -0.2) is 14.5 Å². The fourth-order valence-corrected chi connectivity index (χ4v) is 5.65. The smallest absolute Gasteiger partial charge is 0.267 e. The number of aromatic amines is 2. The molecule has 0 saturated carbocycles. The van der Waals surface area contributed by atoms with E-state index in [1.165, 1.54) is 6.07 Å². The van der Waals surface area contributed by atoms with E-state index >= 15 is 0 Å². The number of aromatic nitrogens is 4. The van der Waals surface area contributed by atoms with Gasteiger partial charge < -0.3 is 14.8 Å². The van der Waals surface area contributed by atoms with Crippen molar-refractivity contribution in [3.05, 3.63) is 91.9 Å². The molecule has 0 atom stereocenters. The number of hydrogen-bond acceptors (Lipinski definition) is 5. The molecule has 0 radical (unpaired) electrons. The highest BCUT2D eigenvalue weighted by Gasteiger charge is 2.27. The Kier molecular flexibility index (Phi) is 6.46. The predicted octanol–water partition coefficient (Wildman–Crippen LogP) is 3.16. The molecule has 4 aromatic rings. The van der Waals surface area contributed by atoms with E-state index in [4.69, 9.17) is 0 Å². The van der Waals surface area contributed by atoms with Crippen LogP contribution < -0.4 is 5.56 Å². The van der Waals surface area contributed by atoms with E-state index in [-0.39, 0.29) is 17.0 Å². The number of piperazine rings is 1. The van der Waals surface area contributed by atoms with Gasteiger partial charge in [-0.15, -0.1) is 0 Å². The van der Waals surface area contributed by atoms with Crippen molar-refractivity contribution < 1.29 is 14.0 Å². The van der Waals surface area contributed by atoms with Crippen LogP contribution in [0.2, 0.25) is 0 Å². The average molecular weight is 529 g/mol. The molecule has 2 aromatic carbocycles. The van der Waals surface area contributed by atoms with Gasteiger partial charge in [-0.2, -0.15) is 5.10 Å². The van der Waals surface area contributed by atoms with Gasteiger partial charge >= 0.3 is 0 Å². The minimum absolute atomic E-state index is 0.00522. The molecule has 2 N–H and O–H groups in total. The summed E-state index contributed by atoms with van der Waals surface area (Å²) in [5.74, 6) is -0.303. The summed E-state index contributed by atoms with van der Waals surface area (Å²) < 4.78 is 14.8. The van der Waals surface area contributed by atoms with Crippen LogP contribution in [-0.4, -0.2) is 68.0 Å². The highest BCUT2D eigenvalue weighted by Crippen LogP contribution is 2.24. The molecule has 0 spiro atoms. The van der Waals surface area contributed by atoms with Gasteiger partial charge in [-0.1, -0.05) is 6.07 Å². The van der Waals surface area contributed by atoms with Crippen molar-refractivity contribution in [1.82, 2.24) is 30.0 Å². The maximum atomic E-state index is 14.8. The SMILES string of the molecule is Cc1nc2ccc(C(=O)N3CCN(C(=O)c4cc(Cc5n[nH]c(=O)c6c5CCCC6)ccc4F)CC3)cc2[nH]1. The third-order valence-electron chi connectivity index (χ3n) is 7.72. The average Bonchev–Trinajstić information content (AvgIpc) is 3.34. The molecule has 0 bridgehead atoms. The van der Waals surface area contributed by atoms with Crippen LogP contribution in [0.25, 0.3) is 11.0 Å². The molecular formula is C29H29FN6O3. The number of carbonyl (C=O) groups excluding carboxylic acids is 2. The van der Waals surface area contributed by atoms with Crippen LogP contribution in [0.4, 0.5) is 4.39 Å². The summed E-state index contributed by atoms with van der Waals surface area (Å²) >= 11 is 0. The topological polar surface area (TPSA) is 115 Å². The van der Waals surface area contributed by atoms with Gasteiger partial charge in [-0.3, -0.25) is 14.4 Å². The van der Waals surface area contributed by atoms with Crippen LogP contribution in [0, 0.1) is 12.7 Å². The third-order valence-corrected chi connectivity index (χ3v) is 7.72. The number of carbonyl (C=O) groups is 2. The lowest BCUT2D eigenvalue weighted by molar-refractivity contribution is 0.0533. The molecule has 0 unspecified atom stereocenters. The monoisotopic (exact) mass is 528 g/mol. The lowest BCUT2D eigenvalue weighted by Gasteiger charge is -2.35. The standard InChI is InChI=1S/C29H29FN6O3/c1-17-31-24-9-7-19(16-26(24)32-17)28(38)35-10-12-36(13-11-35)29(39)22-14-18(6-8-23(22)30)15-25-20-4-2-3-5-21(20)27(37)34-33-25/h6-9,14,16H,2-5,10-13,15H2,1H3,(H,31,32)(H,34,37). The zero-order valence-electron chi connectivity index (χ0n) is 21.7. The highest BCUT2D eigenvalue weighted by atomic mass is 19.1. The maximum absolute atomic E-state index is 14.8. The number of aryl methyl sites for hydroxylation is 1. The quantitative estimate of drug-likeness (QED) is 0.422. The Hall–Kier alpha value is -4.34. The first-order valence-corrected chi connectivity index (χ1v) is 13.3. The van der Waals surface area contributed by atoms with Crippen LogP contribution in [-0.2, 0) is 19.3 Å². The Bertz CT molecular complexity index is 1650. The Morgan fingerprint density at radius 3 is 2.44 bits per heavy atom. The predicted molar refractivity (Wildman–Crippen MR) is 143 cm³/mol. The number of nitrogens with zero attached hydrogens (tertiary/aromatic N) is 4. The zero-order valence-corrected chi connectivity index (χ0v) is 21.7. The second-order valence-corrected chi connectivity index (χ2v) is 10.3. The maximum Gasteiger partial charge on any atom is 0.267 e. The van der Waals surface area contributed by atoms with E-state index in [9.17, 15) is 18.8 Å². The summed E-state index contributed by atoms with van der Waals surface area (Å²) in [6.45, 7) is 3.21. The highest BCUT2D eigenvalue weighted by molar-refractivity contribution is 5.98. The lowest BCUT2D eigenvalue weighted by atomic mass is 9.90. The van der Waals surface area contributed by atoms with Gasteiger partial charge in [0.05, 0.1) is 22.3 Å². The van der Waals surface area contributed by atoms with Gasteiger partial charge in [0.25, 0.3) is 17.4 Å². The Morgan fingerprint density at radius 1 is 0.949 bits per heavy atom. The summed E-state index contributed by atoms with van der Waals surface area (Å²) in [6, 6.07) is 9.93. The molecular weight excluding hydrogens is 499 g/mol. The van der Waals surface area contributed by atoms with Crippen molar-refractivity contribution >= 4 is 22.8 Å². The Morgan fingerprint density at radius 2 is 1.67 bits per heavy atom. The van der Waals surface area contributed by atoms with E-state index in [1.807, 2.05) is 13.0 Å². The number of imidazole rings is 1. The van der Waals surface area contributed by atoms with Crippen LogP contribution in [0.1, 0.15) is 61.8 Å². The summed E-state index contributed by atoms with van der Waals surface area (Å²) in [5.41, 5.74) is 5.32. The number of benzene rings is 2. The minimum Gasteiger partial charge on any atom is -0.342 e. The molecule has 9 nitrogen and oxygen atoms in total. The van der Waals surface area contributed by atoms with E-state index in [2.05, 4.69) is 20.2 Å². The molecule has 1 aliphatic heterocycles. The van der Waals surface area contributed by atoms with E-state index in [0.29, 0.717) is 38.2 Å². The van der Waals surface area contributed by atoms with Crippen molar-refractivity contribution in [2.45, 2.75) is 39.0 Å². The number of fused-ring (bicyclic) bond motifs is 2. The molecule has 1 fully saturated rings. The van der Waals surface area contributed by atoms with Crippen LogP contribution in [0.15, 0.2) is 41.2 Å². The molecule has 2 aliphatic rings. The van der Waals surface area contributed by atoms with Gasteiger partial charge in [0.15, 0.2) is 0 Å². The number of nitrogens with one attached hydrogen (secondary N) is 2. The van der Waals surface area contributed by atoms with Crippen molar-refractivity contribution in [3.8, 4) is 0 Å². The summed E-state index contributed by atoms with van der Waals surface area (Å²) in [6.07, 6.45) is 3.92. The molecule has 3 heterocycles. The van der Waals surface area contributed by atoms with Crippen molar-refractivity contribution in [1.29, 1.82) is 0 Å². The second kappa shape index (κ2) is 10.1. The Labute approximate surface area is 224 Å². The number of H-pyrrole nitrogens is 2. The molecule has 200 valence electrons. The molecule has 10 heteroatoms. The molecule has 2 amide bonds. The van der Waals surface area contributed by atoms with Gasteiger partial charge in [-0.05, 0) is 74.1 Å². The van der Waals surface area contributed by atoms with E-state index in [0.717, 1.165) is 64.9 Å². The first-order valence-electron chi connectivity index (χ1n) is 13.3. The van der Waals surface area contributed by atoms with Gasteiger partial charge in [0.2, 0.25) is 0 Å². The van der Waals surface area contributed by atoms with Crippen molar-refractivity contribution in [2.24, 2.45) is 0 Å². The normalized spacial score (nSPS) is 15.4. The van der Waals surface area contributed by atoms with E-state index in [1.54, 1.807) is 34.1 Å². The summed E-state index contributed by atoms with van der Waals surface area (Å²) in [7, 11) is 0. The molecule has 1 saturated heterocycles. The fourth-order valence-electron chi connectivity index (χ4n) is 5.65. The number of amides is 2. The van der Waals surface area contributed by atoms with Crippen molar-refractivity contribution in [3.63, 3.8) is 0 Å². The number of rotatable bonds is 4. The molecule has 6 rings (SSSR count). The van der Waals surface area contributed by atoms with Gasteiger partial charge in [0, 0.05) is 43.7 Å². The van der Waals surface area contributed by atoms with Crippen LogP contribution in [0.5, 0.6) is 0 Å². The number of halogens is 1. The molecule has 39 heavy (non-hydrogen) atoms. The zero-order chi connectivity index (χ0) is 27.1. The van der Waals surface area contributed by atoms with E-state index < -0.39 is 11.7 Å². The molecule has 1 aliphatic carbocycles. The van der Waals surface area contributed by atoms with Crippen LogP contribution >= 0.6 is 0 Å². The largest absolute Gasteiger partial charge is 0.342 e. The van der Waals surface area contributed by atoms with Gasteiger partial charge in [0.1, 0.15) is 11.6 Å². The second-order valence-electron chi connectivity index (χ2n) is 10.3. The first kappa shape index (κ1) is 25.0.